The highest BCUT2D eigenvalue weighted by Crippen LogP contribution is 2.26. The van der Waals surface area contributed by atoms with E-state index in [0.717, 1.165) is 91.4 Å². The molecule has 0 N–H and O–H groups in total. The molecule has 0 aromatic heterocycles. The Morgan fingerprint density at radius 3 is 0.924 bits per heavy atom. The minimum absolute atomic E-state index is 0.448. The number of nitrogens with zero attached hydrogens (tertiary/aromatic N) is 10. The SMILES string of the molecule is CC(C)C(C)(C)CN(C)C.CC(C)C1CN(C)C1.CC(C)CCCN(C)C.CC(C)CCN(C(C)C)C(C)C.CC(C)CCN(C)C.CC(C)CCN1CCCC1.CC(C)CCN1CCCCC1.CC(C)CCN1CCOCC1.CCCCN(CCCC)CCCC(C)C.CCN(CC)CCCC(C)C. The molecule has 0 aromatic rings. The fourth-order valence-electron chi connectivity index (χ4n) is 12.4. The number of hydrogen-bond acceptors (Lipinski definition) is 11. The molecular formula is C94H210N10O. The standard InChI is InChI=1S/C14H31N.C11H25N.C10H21N.C10H23N.C9H19NO.C9H19N.C9H21N.C8H19N.C7H15N.C7H17N/c1-5-7-11-15(12-8-6-2)13-9-10-14(3)4;1-9(2)7-8-12(10(3)4)11(5)6;1-10(2)6-9-11-7-4-3-5-8-11;1-5-11(6-2)9-7-8-10(3)4;1-9(2)3-4-10-5-7-11-8-6-10;1-9(2)5-8-10-6-3-4-7-10;1-8(2)9(3,4)7-10(5)6;1-8(2)6-5-7-9(3)4;1-6(2)7-4-8(3)5-7;1-7(2)5-6-8(3)4/h14H,5-13H2,1-4H3;9-11H,7-8H2,1-6H3;10H,3-9H2,1-2H3;10H,5-9H2,1-4H3;9H,3-8H2,1-2H3;9H,3-8H2,1-2H3;8H,7H2,1-6H3;8H,5-7H2,1-4H3;6-7H,4-5H2,1-3H3;7H,5-6H2,1-4H3. The molecule has 4 heterocycles. The summed E-state index contributed by atoms with van der Waals surface area (Å²) in [6.45, 7) is 97.2. The summed E-state index contributed by atoms with van der Waals surface area (Å²) in [5, 5.41) is 0. The second-order valence-electron chi connectivity index (χ2n) is 38.6. The zero-order valence-electron chi connectivity index (χ0n) is 80.3. The number of hydrogen-bond donors (Lipinski definition) is 0. The van der Waals surface area contributed by atoms with E-state index < -0.39 is 0 Å². The van der Waals surface area contributed by atoms with Crippen molar-refractivity contribution in [1.82, 2.24) is 49.0 Å². The topological polar surface area (TPSA) is 41.6 Å². The molecule has 4 aliphatic heterocycles. The Balaban J connectivity index is -0.000000260. The highest BCUT2D eigenvalue weighted by Gasteiger charge is 2.25. The van der Waals surface area contributed by atoms with Crippen LogP contribution in [0.25, 0.3) is 0 Å². The van der Waals surface area contributed by atoms with Gasteiger partial charge in [0.25, 0.3) is 0 Å². The van der Waals surface area contributed by atoms with Gasteiger partial charge in [0.1, 0.15) is 0 Å². The van der Waals surface area contributed by atoms with E-state index in [1.807, 2.05) is 0 Å². The van der Waals surface area contributed by atoms with Crippen molar-refractivity contribution in [2.24, 2.45) is 70.5 Å². The molecule has 0 aromatic carbocycles. The molecule has 4 rings (SSSR count). The molecule has 0 radical (unpaired) electrons. The van der Waals surface area contributed by atoms with Crippen LogP contribution >= 0.6 is 0 Å². The van der Waals surface area contributed by atoms with Gasteiger partial charge in [-0.3, -0.25) is 9.80 Å². The third-order valence-electron chi connectivity index (χ3n) is 21.0. The van der Waals surface area contributed by atoms with Crippen LogP contribution in [0.4, 0.5) is 0 Å². The van der Waals surface area contributed by atoms with Gasteiger partial charge < -0.3 is 43.9 Å². The molecule has 0 saturated carbocycles. The number of morpholine rings is 1. The first-order chi connectivity index (χ1) is 49.0. The lowest BCUT2D eigenvalue weighted by Crippen LogP contribution is -2.46. The van der Waals surface area contributed by atoms with Gasteiger partial charge in [0, 0.05) is 44.8 Å². The number of ether oxygens (including phenoxy) is 1. The van der Waals surface area contributed by atoms with Crippen LogP contribution in [0.5, 0.6) is 0 Å². The molecule has 0 unspecified atom stereocenters. The van der Waals surface area contributed by atoms with Crippen molar-refractivity contribution in [3.63, 3.8) is 0 Å². The molecule has 4 saturated heterocycles. The number of piperidine rings is 1. The van der Waals surface area contributed by atoms with Crippen LogP contribution in [0.2, 0.25) is 0 Å². The Hall–Kier alpha value is -0.440. The fourth-order valence-corrected chi connectivity index (χ4v) is 12.4. The van der Waals surface area contributed by atoms with Gasteiger partial charge in [0.05, 0.1) is 13.2 Å². The molecule has 642 valence electrons. The Morgan fingerprint density at radius 1 is 0.352 bits per heavy atom. The minimum atomic E-state index is 0.448. The van der Waals surface area contributed by atoms with E-state index in [-0.39, 0.29) is 0 Å². The number of unbranched alkanes of at least 4 members (excludes halogenated alkanes) is 2. The Kier molecular flexibility index (Phi) is 85.2. The lowest BCUT2D eigenvalue weighted by molar-refractivity contribution is 0.0360. The molecule has 11 nitrogen and oxygen atoms in total. The molecule has 0 aliphatic carbocycles. The van der Waals surface area contributed by atoms with Crippen LogP contribution in [-0.2, 0) is 4.74 Å². The van der Waals surface area contributed by atoms with Gasteiger partial charge in [0.15, 0.2) is 0 Å². The molecule has 0 bridgehead atoms. The van der Waals surface area contributed by atoms with Gasteiger partial charge in [-0.25, -0.2) is 0 Å². The van der Waals surface area contributed by atoms with E-state index in [1.165, 1.54) is 253 Å². The highest BCUT2D eigenvalue weighted by atomic mass is 16.5. The van der Waals surface area contributed by atoms with E-state index in [2.05, 4.69) is 306 Å². The van der Waals surface area contributed by atoms with E-state index in [1.54, 1.807) is 0 Å². The average molecular weight is 1500 g/mol. The van der Waals surface area contributed by atoms with Crippen molar-refractivity contribution < 1.29 is 4.74 Å². The second-order valence-corrected chi connectivity index (χ2v) is 38.6. The lowest BCUT2D eigenvalue weighted by Gasteiger charge is -2.38. The van der Waals surface area contributed by atoms with Gasteiger partial charge in [-0.2, -0.15) is 0 Å². The van der Waals surface area contributed by atoms with Gasteiger partial charge in [0.2, 0.25) is 0 Å². The smallest absolute Gasteiger partial charge is 0.0594 e. The van der Waals surface area contributed by atoms with Crippen molar-refractivity contribution >= 4 is 0 Å². The quantitative estimate of drug-likeness (QED) is 0.0588. The summed E-state index contributed by atoms with van der Waals surface area (Å²) in [5.41, 5.74) is 0.448. The van der Waals surface area contributed by atoms with Gasteiger partial charge in [-0.15, -0.1) is 0 Å². The van der Waals surface area contributed by atoms with Gasteiger partial charge in [-0.05, 0) is 361 Å². The van der Waals surface area contributed by atoms with Crippen molar-refractivity contribution in [1.29, 1.82) is 0 Å². The maximum Gasteiger partial charge on any atom is 0.0594 e. The van der Waals surface area contributed by atoms with E-state index in [4.69, 9.17) is 4.74 Å². The van der Waals surface area contributed by atoms with Crippen LogP contribution in [0, 0.1) is 70.5 Å². The summed E-state index contributed by atoms with van der Waals surface area (Å²) < 4.78 is 5.26. The first-order valence-electron chi connectivity index (χ1n) is 45.6. The maximum atomic E-state index is 5.26. The van der Waals surface area contributed by atoms with Crippen LogP contribution < -0.4 is 0 Å². The average Bonchev–Trinajstić information content (AvgIpc) is 1.44. The summed E-state index contributed by atoms with van der Waals surface area (Å²) in [6, 6.07) is 1.37. The normalized spacial score (nSPS) is 15.6. The third kappa shape index (κ3) is 90.6. The molecule has 4 aliphatic rings. The van der Waals surface area contributed by atoms with Crippen molar-refractivity contribution in [2.45, 2.75) is 348 Å². The molecular weight excluding hydrogens is 1290 g/mol. The van der Waals surface area contributed by atoms with Crippen LogP contribution in [0.1, 0.15) is 336 Å². The van der Waals surface area contributed by atoms with Gasteiger partial charge in [-0.1, -0.05) is 199 Å². The first kappa shape index (κ1) is 115. The van der Waals surface area contributed by atoms with Crippen LogP contribution in [-0.4, -0.2) is 261 Å². The van der Waals surface area contributed by atoms with E-state index >= 15 is 0 Å². The first-order valence-corrected chi connectivity index (χ1v) is 45.6. The third-order valence-corrected chi connectivity index (χ3v) is 21.0. The largest absolute Gasteiger partial charge is 0.379 e. The maximum absolute atomic E-state index is 5.26. The summed E-state index contributed by atoms with van der Waals surface area (Å²) in [6.07, 6.45) is 27.4. The highest BCUT2D eigenvalue weighted by molar-refractivity contribution is 4.79. The second kappa shape index (κ2) is 77.5. The van der Waals surface area contributed by atoms with Crippen molar-refractivity contribution in [2.75, 3.05) is 200 Å². The molecule has 105 heavy (non-hydrogen) atoms. The Labute approximate surface area is 668 Å². The summed E-state index contributed by atoms with van der Waals surface area (Å²) in [5.74, 6) is 9.48. The number of likely N-dealkylation sites (tertiary alicyclic amines) is 3. The zero-order valence-corrected chi connectivity index (χ0v) is 80.3. The monoisotopic (exact) mass is 1500 g/mol. The minimum Gasteiger partial charge on any atom is -0.379 e. The van der Waals surface area contributed by atoms with E-state index in [9.17, 15) is 0 Å². The predicted molar refractivity (Wildman–Crippen MR) is 484 cm³/mol. The summed E-state index contributed by atoms with van der Waals surface area (Å²) >= 11 is 0. The molecule has 11 heteroatoms. The Bertz CT molecular complexity index is 1570. The summed E-state index contributed by atoms with van der Waals surface area (Å²) in [4.78, 5) is 24.5. The molecule has 0 spiro atoms. The predicted octanol–water partition coefficient (Wildman–Crippen LogP) is 23.3. The Morgan fingerprint density at radius 2 is 0.667 bits per heavy atom. The zero-order chi connectivity index (χ0) is 81.9. The van der Waals surface area contributed by atoms with Crippen molar-refractivity contribution in [3.05, 3.63) is 0 Å². The van der Waals surface area contributed by atoms with E-state index in [0.29, 0.717) is 17.5 Å². The fraction of sp³-hybridized carbons (Fsp3) is 1.00. The van der Waals surface area contributed by atoms with Crippen LogP contribution in [0.3, 0.4) is 0 Å². The van der Waals surface area contributed by atoms with Crippen molar-refractivity contribution in [3.8, 4) is 0 Å². The lowest BCUT2D eigenvalue weighted by atomic mass is 9.81. The van der Waals surface area contributed by atoms with Crippen LogP contribution in [0.15, 0.2) is 0 Å². The van der Waals surface area contributed by atoms with Gasteiger partial charge >= 0.3 is 0 Å². The number of rotatable bonds is 41. The molecule has 0 atom stereocenters. The molecule has 0 amide bonds. The summed E-state index contributed by atoms with van der Waals surface area (Å²) in [7, 11) is 14.9. The molecule has 4 fully saturated rings.